The second-order valence-corrected chi connectivity index (χ2v) is 7.34. The fraction of sp³-hybridized carbons (Fsp3) is 0.364. The summed E-state index contributed by atoms with van der Waals surface area (Å²) in [6, 6.07) is 17.8. The van der Waals surface area contributed by atoms with E-state index in [-0.39, 0.29) is 11.9 Å². The molecule has 0 saturated heterocycles. The molecule has 0 bridgehead atoms. The van der Waals surface area contributed by atoms with Crippen LogP contribution in [0.1, 0.15) is 30.5 Å². The Morgan fingerprint density at radius 3 is 2.57 bits per heavy atom. The van der Waals surface area contributed by atoms with Crippen molar-refractivity contribution in [3.05, 3.63) is 65.7 Å². The van der Waals surface area contributed by atoms with Crippen LogP contribution in [-0.4, -0.2) is 49.9 Å². The van der Waals surface area contributed by atoms with Gasteiger partial charge >= 0.3 is 0 Å². The second kappa shape index (κ2) is 8.44. The Morgan fingerprint density at radius 1 is 1.21 bits per heavy atom. The average molecular weight is 381 g/mol. The van der Waals surface area contributed by atoms with E-state index in [1.54, 1.807) is 14.0 Å². The van der Waals surface area contributed by atoms with Gasteiger partial charge in [0.25, 0.3) is 5.91 Å². The zero-order valence-corrected chi connectivity index (χ0v) is 16.8. The zero-order valence-electron chi connectivity index (χ0n) is 16.8. The van der Waals surface area contributed by atoms with Gasteiger partial charge < -0.3 is 19.8 Å². The van der Waals surface area contributed by atoms with Crippen molar-refractivity contribution in [3.63, 3.8) is 0 Å². The number of para-hydroxylation sites is 1. The quantitative estimate of drug-likeness (QED) is 0.801. The van der Waals surface area contributed by atoms with E-state index in [0.717, 1.165) is 11.1 Å². The molecule has 2 unspecified atom stereocenters. The minimum atomic E-state index is -1.04. The highest BCUT2D eigenvalue weighted by atomic mass is 16.7. The van der Waals surface area contributed by atoms with Gasteiger partial charge in [-0.15, -0.1) is 0 Å². The molecule has 0 saturated carbocycles. The summed E-state index contributed by atoms with van der Waals surface area (Å²) in [5.41, 5.74) is 1.67. The first kappa shape index (κ1) is 19.9. The van der Waals surface area contributed by atoms with Gasteiger partial charge in [0.1, 0.15) is 5.75 Å². The van der Waals surface area contributed by atoms with Crippen molar-refractivity contribution < 1.29 is 14.4 Å². The van der Waals surface area contributed by atoms with Crippen molar-refractivity contribution in [1.82, 2.24) is 10.2 Å². The number of hydrogen-bond acceptors (Lipinski definition) is 5. The molecule has 1 N–H and O–H groups in total. The molecule has 148 valence electrons. The molecule has 0 fully saturated rings. The van der Waals surface area contributed by atoms with Crippen LogP contribution in [0.25, 0.3) is 0 Å². The number of rotatable bonds is 7. The third kappa shape index (κ3) is 4.17. The third-order valence-electron chi connectivity index (χ3n) is 5.02. The van der Waals surface area contributed by atoms with Gasteiger partial charge in [0.15, 0.2) is 0 Å². The molecule has 0 radical (unpaired) electrons. The number of nitrogens with zero attached hydrogens (tertiary/aromatic N) is 2. The normalized spacial score (nSPS) is 19.7. The first-order valence-corrected chi connectivity index (χ1v) is 9.33. The van der Waals surface area contributed by atoms with Crippen LogP contribution >= 0.6 is 0 Å². The van der Waals surface area contributed by atoms with E-state index < -0.39 is 5.60 Å². The first-order valence-electron chi connectivity index (χ1n) is 9.33. The van der Waals surface area contributed by atoms with E-state index in [9.17, 15) is 4.79 Å². The van der Waals surface area contributed by atoms with E-state index in [1.165, 1.54) is 0 Å². The van der Waals surface area contributed by atoms with E-state index in [1.807, 2.05) is 56.6 Å². The summed E-state index contributed by atoms with van der Waals surface area (Å²) in [4.78, 5) is 20.6. The van der Waals surface area contributed by atoms with Crippen molar-refractivity contribution in [2.75, 3.05) is 27.7 Å². The van der Waals surface area contributed by atoms with Crippen LogP contribution in [0.5, 0.6) is 5.75 Å². The van der Waals surface area contributed by atoms with Crippen LogP contribution < -0.4 is 10.1 Å². The Morgan fingerprint density at radius 2 is 1.89 bits per heavy atom. The minimum absolute atomic E-state index is 0.0739. The van der Waals surface area contributed by atoms with Crippen molar-refractivity contribution in [2.24, 2.45) is 5.16 Å². The van der Waals surface area contributed by atoms with Crippen molar-refractivity contribution in [1.29, 1.82) is 0 Å². The Hall–Kier alpha value is -2.86. The number of carbonyl (C=O) groups excluding carboxylic acids is 1. The molecule has 2 atom stereocenters. The highest BCUT2D eigenvalue weighted by molar-refractivity contribution is 6.07. The maximum Gasteiger partial charge on any atom is 0.267 e. The zero-order chi connectivity index (χ0) is 20.1. The van der Waals surface area contributed by atoms with E-state index in [2.05, 4.69) is 27.5 Å². The molecule has 3 rings (SSSR count). The molecule has 6 heteroatoms. The number of carbonyl (C=O) groups is 1. The summed E-state index contributed by atoms with van der Waals surface area (Å²) in [5, 5.41) is 7.21. The number of likely N-dealkylation sites (N-methyl/N-ethyl adjacent to an activating group) is 1. The predicted octanol–water partition coefficient (Wildman–Crippen LogP) is 3.00. The summed E-state index contributed by atoms with van der Waals surface area (Å²) in [6.45, 7) is 2.25. The molecular formula is C22H27N3O3. The second-order valence-electron chi connectivity index (χ2n) is 7.34. The molecule has 0 aliphatic carbocycles. The predicted molar refractivity (Wildman–Crippen MR) is 110 cm³/mol. The van der Waals surface area contributed by atoms with Gasteiger partial charge in [0.05, 0.1) is 18.9 Å². The SMILES string of the molecule is COc1ccccc1C1=NOC(C)(C(=O)NCC(c2ccccc2)N(C)C)C1. The average Bonchev–Trinajstić information content (AvgIpc) is 3.12. The number of oxime groups is 1. The van der Waals surface area contributed by atoms with Gasteiger partial charge in [-0.05, 0) is 38.7 Å². The maximum absolute atomic E-state index is 12.9. The molecule has 1 aliphatic rings. The monoisotopic (exact) mass is 381 g/mol. The lowest BCUT2D eigenvalue weighted by Gasteiger charge is -2.27. The Kier molecular flexibility index (Phi) is 5.99. The lowest BCUT2D eigenvalue weighted by atomic mass is 9.94. The molecule has 6 nitrogen and oxygen atoms in total. The summed E-state index contributed by atoms with van der Waals surface area (Å²) in [5.74, 6) is 0.537. The smallest absolute Gasteiger partial charge is 0.267 e. The van der Waals surface area contributed by atoms with E-state index >= 15 is 0 Å². The van der Waals surface area contributed by atoms with Crippen molar-refractivity contribution >= 4 is 11.6 Å². The molecule has 2 aromatic carbocycles. The van der Waals surface area contributed by atoms with Crippen LogP contribution in [0.3, 0.4) is 0 Å². The molecular weight excluding hydrogens is 354 g/mol. The third-order valence-corrected chi connectivity index (χ3v) is 5.02. The number of amides is 1. The fourth-order valence-electron chi connectivity index (χ4n) is 3.34. The van der Waals surface area contributed by atoms with Crippen molar-refractivity contribution in [2.45, 2.75) is 25.0 Å². The largest absolute Gasteiger partial charge is 0.496 e. The summed E-state index contributed by atoms with van der Waals surface area (Å²) in [7, 11) is 5.62. The number of nitrogens with one attached hydrogen (secondary N) is 1. The summed E-state index contributed by atoms with van der Waals surface area (Å²) >= 11 is 0. The van der Waals surface area contributed by atoms with Gasteiger partial charge in [0.2, 0.25) is 5.60 Å². The minimum Gasteiger partial charge on any atom is -0.496 e. The van der Waals surface area contributed by atoms with Crippen LogP contribution in [0.15, 0.2) is 59.8 Å². The van der Waals surface area contributed by atoms with Gasteiger partial charge in [-0.2, -0.15) is 0 Å². The first-order chi connectivity index (χ1) is 13.4. The molecule has 1 heterocycles. The highest BCUT2D eigenvalue weighted by Gasteiger charge is 2.42. The lowest BCUT2D eigenvalue weighted by molar-refractivity contribution is -0.141. The Labute approximate surface area is 166 Å². The number of methoxy groups -OCH3 is 1. The van der Waals surface area contributed by atoms with Crippen LogP contribution in [0.2, 0.25) is 0 Å². The Balaban J connectivity index is 1.66. The number of hydrogen-bond donors (Lipinski definition) is 1. The van der Waals surface area contributed by atoms with Gasteiger partial charge in [0, 0.05) is 18.5 Å². The summed E-state index contributed by atoms with van der Waals surface area (Å²) < 4.78 is 5.40. The standard InChI is InChI=1S/C22H27N3O3/c1-22(14-18(24-28-22)17-12-8-9-13-20(17)27-4)21(26)23-15-19(25(2)3)16-10-6-5-7-11-16/h5-13,19H,14-15H2,1-4H3,(H,23,26). The van der Waals surface area contributed by atoms with E-state index in [0.29, 0.717) is 24.4 Å². The fourth-order valence-corrected chi connectivity index (χ4v) is 3.34. The molecule has 0 spiro atoms. The van der Waals surface area contributed by atoms with Gasteiger partial charge in [-0.1, -0.05) is 47.6 Å². The molecule has 1 aliphatic heterocycles. The molecule has 0 aromatic heterocycles. The molecule has 2 aromatic rings. The van der Waals surface area contributed by atoms with E-state index in [4.69, 9.17) is 9.57 Å². The Bertz CT molecular complexity index is 851. The topological polar surface area (TPSA) is 63.2 Å². The van der Waals surface area contributed by atoms with Gasteiger partial charge in [-0.25, -0.2) is 0 Å². The molecule has 1 amide bonds. The van der Waals surface area contributed by atoms with Crippen LogP contribution in [0, 0.1) is 0 Å². The number of ether oxygens (including phenoxy) is 1. The lowest BCUT2D eigenvalue weighted by Crippen LogP contribution is -2.47. The molecule has 28 heavy (non-hydrogen) atoms. The van der Waals surface area contributed by atoms with Crippen LogP contribution in [0.4, 0.5) is 0 Å². The number of benzene rings is 2. The van der Waals surface area contributed by atoms with Crippen LogP contribution in [-0.2, 0) is 9.63 Å². The summed E-state index contributed by atoms with van der Waals surface area (Å²) in [6.07, 6.45) is 0.386. The van der Waals surface area contributed by atoms with Gasteiger partial charge in [-0.3, -0.25) is 4.79 Å². The maximum atomic E-state index is 12.9. The van der Waals surface area contributed by atoms with Crippen molar-refractivity contribution in [3.8, 4) is 5.75 Å². The highest BCUT2D eigenvalue weighted by Crippen LogP contribution is 2.30.